The van der Waals surface area contributed by atoms with Crippen LogP contribution in [0.3, 0.4) is 0 Å². The molecule has 65 heavy (non-hydrogen) atoms. The highest BCUT2D eigenvalue weighted by molar-refractivity contribution is 5.91. The average Bonchev–Trinajstić information content (AvgIpc) is 3.29. The molecule has 0 aromatic rings. The Kier molecular flexibility index (Phi) is 44.5. The van der Waals surface area contributed by atoms with Gasteiger partial charge in [0.05, 0.1) is 26.2 Å². The smallest absolute Gasteiger partial charge is 0.242 e. The van der Waals surface area contributed by atoms with Crippen molar-refractivity contribution in [3.05, 3.63) is 0 Å². The van der Waals surface area contributed by atoms with Crippen molar-refractivity contribution in [1.82, 2.24) is 19.6 Å². The summed E-state index contributed by atoms with van der Waals surface area (Å²) in [6, 6.07) is 0. The number of unbranched alkanes of at least 4 members (excludes halogenated alkanes) is 29. The minimum Gasteiger partial charge on any atom is -0.385 e. The maximum absolute atomic E-state index is 14.5. The molecule has 0 spiro atoms. The molecule has 0 aliphatic heterocycles. The average molecular weight is 920 g/mol. The van der Waals surface area contributed by atoms with Crippen molar-refractivity contribution in [1.29, 1.82) is 0 Å². The number of methoxy groups -OCH3 is 1. The molecule has 0 fully saturated rings. The summed E-state index contributed by atoms with van der Waals surface area (Å²) in [7, 11) is 1.67. The summed E-state index contributed by atoms with van der Waals surface area (Å²) < 4.78 is 5.22. The van der Waals surface area contributed by atoms with Gasteiger partial charge in [-0.2, -0.15) is 0 Å². The maximum Gasteiger partial charge on any atom is 0.242 e. The number of amides is 5. The van der Waals surface area contributed by atoms with Gasteiger partial charge in [0.1, 0.15) is 0 Å². The lowest BCUT2D eigenvalue weighted by Gasteiger charge is -2.31. The summed E-state index contributed by atoms with van der Waals surface area (Å²) in [5, 5.41) is 0. The van der Waals surface area contributed by atoms with Crippen LogP contribution in [0, 0.1) is 0 Å². The van der Waals surface area contributed by atoms with Crippen LogP contribution in [-0.2, 0) is 28.7 Å². The molecule has 0 atom stereocenters. The van der Waals surface area contributed by atoms with E-state index in [0.717, 1.165) is 96.3 Å². The molecule has 11 nitrogen and oxygen atoms in total. The van der Waals surface area contributed by atoms with Gasteiger partial charge in [0.25, 0.3) is 0 Å². The zero-order chi connectivity index (χ0) is 48.0. The topological polar surface area (TPSA) is 134 Å². The van der Waals surface area contributed by atoms with E-state index in [0.29, 0.717) is 45.6 Å². The van der Waals surface area contributed by atoms with E-state index in [9.17, 15) is 24.0 Å². The zero-order valence-corrected chi connectivity index (χ0v) is 43.4. The molecule has 0 bridgehead atoms. The van der Waals surface area contributed by atoms with Crippen LogP contribution in [0.2, 0.25) is 0 Å². The molecule has 0 heterocycles. The Hall–Kier alpha value is -2.69. The number of rotatable bonds is 49. The minimum absolute atomic E-state index is 0.0243. The highest BCUT2D eigenvalue weighted by Crippen LogP contribution is 2.15. The van der Waals surface area contributed by atoms with Gasteiger partial charge in [-0.25, -0.2) is 0 Å². The molecule has 0 unspecified atom stereocenters. The Labute approximate surface area is 400 Å². The highest BCUT2D eigenvalue weighted by atomic mass is 16.5. The number of hydrogen-bond donors (Lipinski definition) is 1. The number of primary amides is 1. The molecule has 11 heteroatoms. The van der Waals surface area contributed by atoms with Gasteiger partial charge in [0.2, 0.25) is 29.5 Å². The van der Waals surface area contributed by atoms with Crippen LogP contribution in [0.15, 0.2) is 0 Å². The van der Waals surface area contributed by atoms with E-state index in [1.807, 2.05) is 0 Å². The van der Waals surface area contributed by atoms with E-state index in [4.69, 9.17) is 10.5 Å². The molecule has 0 rings (SSSR count). The van der Waals surface area contributed by atoms with Crippen LogP contribution in [0.25, 0.3) is 0 Å². The number of carbonyl (C=O) groups excluding carboxylic acids is 5. The van der Waals surface area contributed by atoms with Crippen LogP contribution in [0.5, 0.6) is 0 Å². The second-order valence-electron chi connectivity index (χ2n) is 19.1. The third-order valence-corrected chi connectivity index (χ3v) is 12.9. The van der Waals surface area contributed by atoms with E-state index < -0.39 is 5.91 Å². The Morgan fingerprint density at radius 2 is 0.569 bits per heavy atom. The van der Waals surface area contributed by atoms with Gasteiger partial charge in [0, 0.05) is 46.3 Å². The van der Waals surface area contributed by atoms with Gasteiger partial charge >= 0.3 is 0 Å². The second kappa shape index (κ2) is 46.4. The Bertz CT molecular complexity index is 1150. The molecule has 0 radical (unpaired) electrons. The predicted molar refractivity (Wildman–Crippen MR) is 272 cm³/mol. The van der Waals surface area contributed by atoms with Gasteiger partial charge in [-0.15, -0.1) is 0 Å². The fourth-order valence-electron chi connectivity index (χ4n) is 8.57. The molecule has 2 N–H and O–H groups in total. The number of ether oxygens (including phenoxy) is 1. The van der Waals surface area contributed by atoms with Gasteiger partial charge in [0.15, 0.2) is 0 Å². The van der Waals surface area contributed by atoms with Crippen molar-refractivity contribution in [2.75, 3.05) is 66.1 Å². The standard InChI is InChI=1S/C54H105N5O6/c1-6-10-14-18-22-26-30-35-41-56(46-50(55)60)52(62)48-58(43-37-32-28-24-20-16-12-8-3)54(64)49-59(44-38-33-29-25-21-17-13-9-4)53(63)47-57(51(61)40-34-39-45-65-5)42-36-31-27-23-19-15-11-7-2/h6-49H2,1-5H3,(H2,55,60). The van der Waals surface area contributed by atoms with Crippen molar-refractivity contribution >= 4 is 29.5 Å². The van der Waals surface area contributed by atoms with Crippen LogP contribution >= 0.6 is 0 Å². The van der Waals surface area contributed by atoms with Gasteiger partial charge in [-0.1, -0.05) is 207 Å². The Morgan fingerprint density at radius 1 is 0.323 bits per heavy atom. The van der Waals surface area contributed by atoms with E-state index in [2.05, 4.69) is 27.7 Å². The summed E-state index contributed by atoms with van der Waals surface area (Å²) in [4.78, 5) is 75.2. The second-order valence-corrected chi connectivity index (χ2v) is 19.1. The first kappa shape index (κ1) is 62.3. The largest absolute Gasteiger partial charge is 0.385 e. The molecule has 0 saturated heterocycles. The first-order valence-electron chi connectivity index (χ1n) is 27.5. The first-order valence-corrected chi connectivity index (χ1v) is 27.5. The van der Waals surface area contributed by atoms with Crippen molar-refractivity contribution < 1.29 is 28.7 Å². The Balaban J connectivity index is 6.19. The number of carbonyl (C=O) groups is 5. The van der Waals surface area contributed by atoms with Crippen molar-refractivity contribution in [3.63, 3.8) is 0 Å². The molecule has 5 amide bonds. The monoisotopic (exact) mass is 920 g/mol. The predicted octanol–water partition coefficient (Wildman–Crippen LogP) is 12.2. The number of nitrogens with two attached hydrogens (primary N) is 1. The zero-order valence-electron chi connectivity index (χ0n) is 43.4. The lowest BCUT2D eigenvalue weighted by molar-refractivity contribution is -0.146. The third-order valence-electron chi connectivity index (χ3n) is 12.9. The summed E-state index contributed by atoms with van der Waals surface area (Å²) in [6.07, 6.45) is 37.7. The van der Waals surface area contributed by atoms with Gasteiger partial charge < -0.3 is 30.1 Å². The SMILES string of the molecule is CCCCCCCCCCN(CC(N)=O)C(=O)CN(CCCCCCCCCC)C(=O)CN(CCCCCCCCCC)C(=O)CN(CCCCCCCCCC)C(=O)CCCCOC. The first-order chi connectivity index (χ1) is 31.6. The van der Waals surface area contributed by atoms with Crippen LogP contribution < -0.4 is 5.73 Å². The summed E-state index contributed by atoms with van der Waals surface area (Å²) in [5.74, 6) is -1.35. The van der Waals surface area contributed by atoms with E-state index >= 15 is 0 Å². The maximum atomic E-state index is 14.5. The number of nitrogens with zero attached hydrogens (tertiary/aromatic N) is 4. The Morgan fingerprint density at radius 3 is 0.831 bits per heavy atom. The molecule has 0 aliphatic carbocycles. The van der Waals surface area contributed by atoms with Crippen LogP contribution in [0.1, 0.15) is 252 Å². The third kappa shape index (κ3) is 38.0. The fourth-order valence-corrected chi connectivity index (χ4v) is 8.57. The van der Waals surface area contributed by atoms with Crippen molar-refractivity contribution in [2.45, 2.75) is 252 Å². The van der Waals surface area contributed by atoms with E-state index in [1.165, 1.54) is 120 Å². The van der Waals surface area contributed by atoms with Crippen molar-refractivity contribution in [3.8, 4) is 0 Å². The van der Waals surface area contributed by atoms with Gasteiger partial charge in [-0.3, -0.25) is 24.0 Å². The van der Waals surface area contributed by atoms with Gasteiger partial charge in [-0.05, 0) is 38.5 Å². The molecule has 0 saturated carbocycles. The van der Waals surface area contributed by atoms with E-state index in [1.54, 1.807) is 21.8 Å². The van der Waals surface area contributed by atoms with Crippen molar-refractivity contribution in [2.24, 2.45) is 5.73 Å². The summed E-state index contributed by atoms with van der Waals surface area (Å²) in [5.41, 5.74) is 5.65. The highest BCUT2D eigenvalue weighted by Gasteiger charge is 2.27. The molecular weight excluding hydrogens is 815 g/mol. The summed E-state index contributed by atoms with van der Waals surface area (Å²) in [6.45, 7) is 10.8. The number of hydrogen-bond acceptors (Lipinski definition) is 6. The molecule has 0 aliphatic rings. The van der Waals surface area contributed by atoms with E-state index in [-0.39, 0.29) is 49.8 Å². The lowest BCUT2D eigenvalue weighted by atomic mass is 10.1. The lowest BCUT2D eigenvalue weighted by Crippen LogP contribution is -2.50. The molecular formula is C54H105N5O6. The van der Waals surface area contributed by atoms with Crippen LogP contribution in [0.4, 0.5) is 0 Å². The quantitative estimate of drug-likeness (QED) is 0.0604. The minimum atomic E-state index is -0.564. The normalized spacial score (nSPS) is 11.2. The molecule has 0 aromatic carbocycles. The van der Waals surface area contributed by atoms with Crippen LogP contribution in [-0.4, -0.2) is 115 Å². The molecule has 0 aromatic heterocycles. The summed E-state index contributed by atoms with van der Waals surface area (Å²) >= 11 is 0. The fraction of sp³-hybridized carbons (Fsp3) is 0.907. The molecule has 382 valence electrons.